The van der Waals surface area contributed by atoms with Gasteiger partial charge in [-0.25, -0.2) is 0 Å². The summed E-state index contributed by atoms with van der Waals surface area (Å²) in [5.41, 5.74) is 3.10. The Balaban J connectivity index is 1.35. The molecule has 34 heavy (non-hydrogen) atoms. The fourth-order valence-electron chi connectivity index (χ4n) is 3.74. The summed E-state index contributed by atoms with van der Waals surface area (Å²) in [6.07, 6.45) is 0. The van der Waals surface area contributed by atoms with Crippen molar-refractivity contribution < 1.29 is 14.3 Å². The first-order valence-corrected chi connectivity index (χ1v) is 11.9. The zero-order valence-corrected chi connectivity index (χ0v) is 19.6. The third-order valence-electron chi connectivity index (χ3n) is 5.54. The zero-order chi connectivity index (χ0) is 23.3. The normalized spacial score (nSPS) is 12.0. The summed E-state index contributed by atoms with van der Waals surface area (Å²) in [5, 5.41) is 9.58. The number of carbonyl (C=O) groups is 1. The van der Waals surface area contributed by atoms with Crippen molar-refractivity contribution in [3.05, 3.63) is 90.0 Å². The van der Waals surface area contributed by atoms with Crippen LogP contribution < -0.4 is 9.47 Å². The molecule has 2 heterocycles. The van der Waals surface area contributed by atoms with Gasteiger partial charge in [0.25, 0.3) is 0 Å². The van der Waals surface area contributed by atoms with E-state index in [1.54, 1.807) is 4.90 Å². The molecule has 0 unspecified atom stereocenters. The molecule has 0 spiro atoms. The Bertz CT molecular complexity index is 1280. The highest BCUT2D eigenvalue weighted by molar-refractivity contribution is 7.99. The standard InChI is InChI=1S/C26H24N4O3S/c1-29(15-19-8-4-2-5-9-19)24(31)17-34-26-28-27-25(21-10-6-3-7-11-21)30(26)16-20-12-13-22-23(14-20)33-18-32-22/h2-14H,15-18H2,1H3. The smallest absolute Gasteiger partial charge is 0.233 e. The molecule has 4 aromatic rings. The first kappa shape index (κ1) is 22.0. The molecule has 0 saturated carbocycles. The number of benzene rings is 3. The molecule has 0 fully saturated rings. The molecule has 0 saturated heterocycles. The van der Waals surface area contributed by atoms with Gasteiger partial charge in [0, 0.05) is 19.2 Å². The molecular weight excluding hydrogens is 448 g/mol. The zero-order valence-electron chi connectivity index (χ0n) is 18.8. The van der Waals surface area contributed by atoms with E-state index < -0.39 is 0 Å². The van der Waals surface area contributed by atoms with Crippen LogP contribution in [0.15, 0.2) is 84.0 Å². The summed E-state index contributed by atoms with van der Waals surface area (Å²) in [4.78, 5) is 14.5. The van der Waals surface area contributed by atoms with Gasteiger partial charge in [0.15, 0.2) is 22.5 Å². The maximum Gasteiger partial charge on any atom is 0.233 e. The highest BCUT2D eigenvalue weighted by Crippen LogP contribution is 2.33. The Kier molecular flexibility index (Phi) is 6.49. The van der Waals surface area contributed by atoms with Crippen molar-refractivity contribution in [3.63, 3.8) is 0 Å². The number of hydrogen-bond donors (Lipinski definition) is 0. The van der Waals surface area contributed by atoms with Crippen LogP contribution in [0.25, 0.3) is 11.4 Å². The van der Waals surface area contributed by atoms with Gasteiger partial charge in [0.05, 0.1) is 12.3 Å². The maximum atomic E-state index is 12.8. The molecule has 7 nitrogen and oxygen atoms in total. The average Bonchev–Trinajstić information content (AvgIpc) is 3.50. The molecule has 5 rings (SSSR count). The van der Waals surface area contributed by atoms with Crippen molar-refractivity contribution in [2.45, 2.75) is 18.2 Å². The monoisotopic (exact) mass is 472 g/mol. The number of carbonyl (C=O) groups excluding carboxylic acids is 1. The van der Waals surface area contributed by atoms with E-state index in [1.807, 2.05) is 90.5 Å². The lowest BCUT2D eigenvalue weighted by atomic mass is 10.2. The summed E-state index contributed by atoms with van der Waals surface area (Å²) in [7, 11) is 1.82. The number of thioether (sulfide) groups is 1. The number of aromatic nitrogens is 3. The molecule has 8 heteroatoms. The minimum Gasteiger partial charge on any atom is -0.454 e. The van der Waals surface area contributed by atoms with Gasteiger partial charge >= 0.3 is 0 Å². The van der Waals surface area contributed by atoms with Gasteiger partial charge in [-0.05, 0) is 23.3 Å². The van der Waals surface area contributed by atoms with Crippen LogP contribution in [-0.4, -0.2) is 45.2 Å². The number of rotatable bonds is 8. The van der Waals surface area contributed by atoms with Crippen molar-refractivity contribution in [1.29, 1.82) is 0 Å². The van der Waals surface area contributed by atoms with Crippen molar-refractivity contribution in [3.8, 4) is 22.9 Å². The summed E-state index contributed by atoms with van der Waals surface area (Å²) in [6.45, 7) is 1.35. The van der Waals surface area contributed by atoms with Crippen LogP contribution in [0.4, 0.5) is 0 Å². The van der Waals surface area contributed by atoms with E-state index in [-0.39, 0.29) is 18.5 Å². The molecule has 1 aromatic heterocycles. The lowest BCUT2D eigenvalue weighted by Crippen LogP contribution is -2.27. The van der Waals surface area contributed by atoms with E-state index >= 15 is 0 Å². The fraction of sp³-hybridized carbons (Fsp3) is 0.192. The molecular formula is C26H24N4O3S. The molecule has 1 aliphatic heterocycles. The van der Waals surface area contributed by atoms with Gasteiger partial charge in [-0.3, -0.25) is 9.36 Å². The quantitative estimate of drug-likeness (QED) is 0.353. The molecule has 0 bridgehead atoms. The first-order valence-electron chi connectivity index (χ1n) is 11.0. The van der Waals surface area contributed by atoms with E-state index in [0.29, 0.717) is 18.2 Å². The van der Waals surface area contributed by atoms with Crippen LogP contribution >= 0.6 is 11.8 Å². The molecule has 0 atom stereocenters. The van der Waals surface area contributed by atoms with E-state index in [4.69, 9.17) is 9.47 Å². The highest BCUT2D eigenvalue weighted by atomic mass is 32.2. The second kappa shape index (κ2) is 10.0. The molecule has 3 aromatic carbocycles. The number of nitrogens with zero attached hydrogens (tertiary/aromatic N) is 4. The summed E-state index contributed by atoms with van der Waals surface area (Å²) < 4.78 is 13.0. The molecule has 1 aliphatic rings. The van der Waals surface area contributed by atoms with Gasteiger partial charge in [-0.15, -0.1) is 10.2 Å². The third kappa shape index (κ3) is 4.92. The Morgan fingerprint density at radius 2 is 1.68 bits per heavy atom. The van der Waals surface area contributed by atoms with Crippen LogP contribution in [0.1, 0.15) is 11.1 Å². The third-order valence-corrected chi connectivity index (χ3v) is 6.49. The second-order valence-corrected chi connectivity index (χ2v) is 8.91. The van der Waals surface area contributed by atoms with Crippen molar-refractivity contribution in [1.82, 2.24) is 19.7 Å². The van der Waals surface area contributed by atoms with Gasteiger partial charge in [0.2, 0.25) is 12.7 Å². The summed E-state index contributed by atoms with van der Waals surface area (Å²) in [5.74, 6) is 2.55. The SMILES string of the molecule is CN(Cc1ccccc1)C(=O)CSc1nnc(-c2ccccc2)n1Cc1ccc2c(c1)OCO2. The predicted octanol–water partition coefficient (Wildman–Crippen LogP) is 4.47. The van der Waals surface area contributed by atoms with Crippen LogP contribution in [0.2, 0.25) is 0 Å². The molecule has 0 N–H and O–H groups in total. The number of hydrogen-bond acceptors (Lipinski definition) is 6. The van der Waals surface area contributed by atoms with Gasteiger partial charge in [0.1, 0.15) is 0 Å². The van der Waals surface area contributed by atoms with Gasteiger partial charge < -0.3 is 14.4 Å². The molecule has 172 valence electrons. The van der Waals surface area contributed by atoms with Crippen molar-refractivity contribution >= 4 is 17.7 Å². The fourth-order valence-corrected chi connectivity index (χ4v) is 4.62. The van der Waals surface area contributed by atoms with E-state index in [1.165, 1.54) is 11.8 Å². The van der Waals surface area contributed by atoms with Crippen LogP contribution in [0.3, 0.4) is 0 Å². The van der Waals surface area contributed by atoms with Crippen LogP contribution in [0.5, 0.6) is 11.5 Å². The predicted molar refractivity (Wildman–Crippen MR) is 131 cm³/mol. The minimum atomic E-state index is 0.0349. The Morgan fingerprint density at radius 3 is 2.47 bits per heavy atom. The second-order valence-electron chi connectivity index (χ2n) is 7.97. The van der Waals surface area contributed by atoms with E-state index in [2.05, 4.69) is 10.2 Å². The van der Waals surface area contributed by atoms with Gasteiger partial charge in [-0.2, -0.15) is 0 Å². The molecule has 0 aliphatic carbocycles. The average molecular weight is 473 g/mol. The summed E-state index contributed by atoms with van der Waals surface area (Å²) >= 11 is 1.40. The highest BCUT2D eigenvalue weighted by Gasteiger charge is 2.19. The topological polar surface area (TPSA) is 69.5 Å². The van der Waals surface area contributed by atoms with Crippen LogP contribution in [-0.2, 0) is 17.9 Å². The van der Waals surface area contributed by atoms with Crippen LogP contribution in [0, 0.1) is 0 Å². The Labute approximate surface area is 202 Å². The van der Waals surface area contributed by atoms with Crippen molar-refractivity contribution in [2.75, 3.05) is 19.6 Å². The Hall–Kier alpha value is -3.78. The van der Waals surface area contributed by atoms with Crippen molar-refractivity contribution in [2.24, 2.45) is 0 Å². The first-order chi connectivity index (χ1) is 16.7. The summed E-state index contributed by atoms with van der Waals surface area (Å²) in [6, 6.07) is 25.8. The molecule has 1 amide bonds. The molecule has 0 radical (unpaired) electrons. The van der Waals surface area contributed by atoms with Gasteiger partial charge in [-0.1, -0.05) is 78.5 Å². The lowest BCUT2D eigenvalue weighted by Gasteiger charge is -2.17. The number of ether oxygens (including phenoxy) is 2. The lowest BCUT2D eigenvalue weighted by molar-refractivity contribution is -0.127. The Morgan fingerprint density at radius 1 is 0.941 bits per heavy atom. The largest absolute Gasteiger partial charge is 0.454 e. The number of fused-ring (bicyclic) bond motifs is 1. The van der Waals surface area contributed by atoms with E-state index in [9.17, 15) is 4.79 Å². The minimum absolute atomic E-state index is 0.0349. The maximum absolute atomic E-state index is 12.8. The van der Waals surface area contributed by atoms with E-state index in [0.717, 1.165) is 34.0 Å². The number of amides is 1.